The normalized spacial score (nSPS) is 15.9. The molecule has 0 aromatic rings. The number of nitrogens with two attached hydrogens (primary N) is 1. The number of ether oxygens (including phenoxy) is 1. The Hall–Kier alpha value is -0.770. The van der Waals surface area contributed by atoms with Gasteiger partial charge >= 0.3 is 0 Å². The first-order valence-electron chi connectivity index (χ1n) is 7.44. The molecule has 1 fully saturated rings. The Morgan fingerprint density at radius 1 is 1.28 bits per heavy atom. The van der Waals surface area contributed by atoms with E-state index < -0.39 is 0 Å². The van der Waals surface area contributed by atoms with Gasteiger partial charge in [-0.15, -0.1) is 0 Å². The number of nitrogens with one attached hydrogen (secondary N) is 1. The maximum Gasteiger partial charge on any atom is 0.188 e. The molecule has 0 aromatic heterocycles. The highest BCUT2D eigenvalue weighted by Gasteiger charge is 2.20. The van der Waals surface area contributed by atoms with Gasteiger partial charge in [-0.3, -0.25) is 4.99 Å². The molecule has 1 aliphatic carbocycles. The van der Waals surface area contributed by atoms with Gasteiger partial charge in [0.05, 0.1) is 0 Å². The number of hydrogen-bond acceptors (Lipinski definition) is 2. The van der Waals surface area contributed by atoms with Crippen molar-refractivity contribution in [1.82, 2.24) is 5.32 Å². The van der Waals surface area contributed by atoms with Gasteiger partial charge in [0.2, 0.25) is 0 Å². The predicted molar refractivity (Wildman–Crippen MR) is 76.8 cm³/mol. The van der Waals surface area contributed by atoms with Crippen molar-refractivity contribution in [2.75, 3.05) is 26.3 Å². The molecule has 0 radical (unpaired) electrons. The van der Waals surface area contributed by atoms with Crippen LogP contribution in [-0.2, 0) is 4.74 Å². The molecule has 0 saturated heterocycles. The van der Waals surface area contributed by atoms with E-state index in [1.165, 1.54) is 38.5 Å². The SMILES string of the molecule is CCCCCCNC(N)=NCCCOCC1CC1. The van der Waals surface area contributed by atoms with Gasteiger partial charge < -0.3 is 15.8 Å². The van der Waals surface area contributed by atoms with Crippen molar-refractivity contribution in [1.29, 1.82) is 0 Å². The fourth-order valence-corrected chi connectivity index (χ4v) is 1.72. The summed E-state index contributed by atoms with van der Waals surface area (Å²) in [6.07, 6.45) is 8.69. The molecule has 1 rings (SSSR count). The van der Waals surface area contributed by atoms with Gasteiger partial charge in [-0.2, -0.15) is 0 Å². The van der Waals surface area contributed by atoms with E-state index in [4.69, 9.17) is 10.5 Å². The van der Waals surface area contributed by atoms with Crippen LogP contribution in [0.4, 0.5) is 0 Å². The zero-order valence-corrected chi connectivity index (χ0v) is 11.8. The van der Waals surface area contributed by atoms with E-state index in [2.05, 4.69) is 17.2 Å². The molecule has 0 aromatic carbocycles. The lowest BCUT2D eigenvalue weighted by Gasteiger charge is -2.05. The summed E-state index contributed by atoms with van der Waals surface area (Å²) < 4.78 is 5.53. The number of guanidine groups is 1. The van der Waals surface area contributed by atoms with Crippen molar-refractivity contribution >= 4 is 5.96 Å². The molecule has 0 aliphatic heterocycles. The number of unbranched alkanes of at least 4 members (excludes halogenated alkanes) is 3. The van der Waals surface area contributed by atoms with Gasteiger partial charge in [0.25, 0.3) is 0 Å². The lowest BCUT2D eigenvalue weighted by molar-refractivity contribution is 0.123. The highest BCUT2D eigenvalue weighted by Crippen LogP contribution is 2.28. The van der Waals surface area contributed by atoms with Gasteiger partial charge in [-0.25, -0.2) is 0 Å². The molecule has 106 valence electrons. The molecule has 3 N–H and O–H groups in total. The third-order valence-corrected chi connectivity index (χ3v) is 3.12. The van der Waals surface area contributed by atoms with Crippen LogP contribution in [0.3, 0.4) is 0 Å². The minimum absolute atomic E-state index is 0.577. The zero-order chi connectivity index (χ0) is 13.1. The fraction of sp³-hybridized carbons (Fsp3) is 0.929. The molecule has 0 amide bonds. The van der Waals surface area contributed by atoms with Crippen LogP contribution in [0.5, 0.6) is 0 Å². The first-order chi connectivity index (χ1) is 8.83. The monoisotopic (exact) mass is 255 g/mol. The number of rotatable bonds is 11. The maximum atomic E-state index is 5.76. The summed E-state index contributed by atoms with van der Waals surface area (Å²) in [5.74, 6) is 1.43. The highest BCUT2D eigenvalue weighted by molar-refractivity contribution is 5.77. The molecule has 18 heavy (non-hydrogen) atoms. The van der Waals surface area contributed by atoms with E-state index in [1.54, 1.807) is 0 Å². The van der Waals surface area contributed by atoms with Crippen molar-refractivity contribution in [3.8, 4) is 0 Å². The average Bonchev–Trinajstić information content (AvgIpc) is 3.17. The van der Waals surface area contributed by atoms with Crippen molar-refractivity contribution < 1.29 is 4.74 Å². The Labute approximate surface area is 111 Å². The largest absolute Gasteiger partial charge is 0.381 e. The molecular weight excluding hydrogens is 226 g/mol. The second-order valence-corrected chi connectivity index (χ2v) is 5.13. The summed E-state index contributed by atoms with van der Waals surface area (Å²) in [4.78, 5) is 4.28. The second kappa shape index (κ2) is 10.2. The molecule has 0 atom stereocenters. The minimum atomic E-state index is 0.577. The van der Waals surface area contributed by atoms with Gasteiger partial charge in [0.15, 0.2) is 5.96 Å². The first kappa shape index (κ1) is 15.3. The average molecular weight is 255 g/mol. The summed E-state index contributed by atoms with van der Waals surface area (Å²) in [6, 6.07) is 0. The van der Waals surface area contributed by atoms with Crippen molar-refractivity contribution in [3.05, 3.63) is 0 Å². The Morgan fingerprint density at radius 3 is 2.83 bits per heavy atom. The van der Waals surface area contributed by atoms with Crippen LogP contribution in [0.2, 0.25) is 0 Å². The molecule has 0 spiro atoms. The summed E-state index contributed by atoms with van der Waals surface area (Å²) in [5.41, 5.74) is 5.76. The standard InChI is InChI=1S/C14H29N3O/c1-2-3-4-5-9-16-14(15)17-10-6-11-18-12-13-7-8-13/h13H,2-12H2,1H3,(H3,15,16,17). The maximum absolute atomic E-state index is 5.76. The molecule has 0 unspecified atom stereocenters. The molecular formula is C14H29N3O. The van der Waals surface area contributed by atoms with Crippen LogP contribution in [-0.4, -0.2) is 32.3 Å². The van der Waals surface area contributed by atoms with Gasteiger partial charge in [-0.05, 0) is 31.6 Å². The molecule has 1 aliphatic rings. The van der Waals surface area contributed by atoms with Crippen LogP contribution < -0.4 is 11.1 Å². The molecule has 1 saturated carbocycles. The topological polar surface area (TPSA) is 59.6 Å². The third-order valence-electron chi connectivity index (χ3n) is 3.12. The van der Waals surface area contributed by atoms with Crippen LogP contribution >= 0.6 is 0 Å². The molecule has 0 bridgehead atoms. The number of aliphatic imine (C=N–C) groups is 1. The molecule has 0 heterocycles. The highest BCUT2D eigenvalue weighted by atomic mass is 16.5. The van der Waals surface area contributed by atoms with Crippen LogP contribution in [0.1, 0.15) is 51.9 Å². The van der Waals surface area contributed by atoms with E-state index >= 15 is 0 Å². The lowest BCUT2D eigenvalue weighted by Crippen LogP contribution is -2.32. The van der Waals surface area contributed by atoms with Crippen LogP contribution in [0.15, 0.2) is 4.99 Å². The van der Waals surface area contributed by atoms with Crippen molar-refractivity contribution in [3.63, 3.8) is 0 Å². The van der Waals surface area contributed by atoms with Gasteiger partial charge in [0, 0.05) is 26.3 Å². The summed E-state index contributed by atoms with van der Waals surface area (Å²) >= 11 is 0. The number of nitrogens with zero attached hydrogens (tertiary/aromatic N) is 1. The predicted octanol–water partition coefficient (Wildman–Crippen LogP) is 2.29. The lowest BCUT2D eigenvalue weighted by atomic mass is 10.2. The Bertz CT molecular complexity index is 227. The Morgan fingerprint density at radius 2 is 2.11 bits per heavy atom. The molecule has 4 heteroatoms. The van der Waals surface area contributed by atoms with Crippen molar-refractivity contribution in [2.45, 2.75) is 51.9 Å². The van der Waals surface area contributed by atoms with E-state index in [1.807, 2.05) is 0 Å². The summed E-state index contributed by atoms with van der Waals surface area (Å²) in [5, 5.41) is 3.15. The first-order valence-corrected chi connectivity index (χ1v) is 7.44. The van der Waals surface area contributed by atoms with Crippen LogP contribution in [0.25, 0.3) is 0 Å². The van der Waals surface area contributed by atoms with E-state index in [0.29, 0.717) is 5.96 Å². The fourth-order valence-electron chi connectivity index (χ4n) is 1.72. The quantitative estimate of drug-likeness (QED) is 0.338. The van der Waals surface area contributed by atoms with E-state index in [9.17, 15) is 0 Å². The molecule has 4 nitrogen and oxygen atoms in total. The van der Waals surface area contributed by atoms with Crippen LogP contribution in [0, 0.1) is 5.92 Å². The van der Waals surface area contributed by atoms with Crippen molar-refractivity contribution in [2.24, 2.45) is 16.6 Å². The third kappa shape index (κ3) is 9.28. The Kier molecular flexibility index (Phi) is 8.65. The number of hydrogen-bond donors (Lipinski definition) is 2. The second-order valence-electron chi connectivity index (χ2n) is 5.13. The Balaban J connectivity index is 1.82. The zero-order valence-electron chi connectivity index (χ0n) is 11.8. The van der Waals surface area contributed by atoms with E-state index in [-0.39, 0.29) is 0 Å². The summed E-state index contributed by atoms with van der Waals surface area (Å²) in [6.45, 7) is 5.67. The van der Waals surface area contributed by atoms with E-state index in [0.717, 1.165) is 38.6 Å². The van der Waals surface area contributed by atoms with Gasteiger partial charge in [0.1, 0.15) is 0 Å². The summed E-state index contributed by atoms with van der Waals surface area (Å²) in [7, 11) is 0. The van der Waals surface area contributed by atoms with Gasteiger partial charge in [-0.1, -0.05) is 26.2 Å². The minimum Gasteiger partial charge on any atom is -0.381 e. The smallest absolute Gasteiger partial charge is 0.188 e.